The lowest BCUT2D eigenvalue weighted by atomic mass is 9.99. The number of amides is 2. The van der Waals surface area contributed by atoms with Gasteiger partial charge >= 0.3 is 6.18 Å². The van der Waals surface area contributed by atoms with E-state index in [9.17, 15) is 27.9 Å². The number of benzene rings is 2. The van der Waals surface area contributed by atoms with Gasteiger partial charge < -0.3 is 15.3 Å². The molecule has 2 aromatic rings. The van der Waals surface area contributed by atoms with Gasteiger partial charge in [0.05, 0.1) is 18.0 Å². The van der Waals surface area contributed by atoms with Crippen molar-refractivity contribution in [1.82, 2.24) is 10.2 Å². The molecular formula is C22H23F3N2O3. The topological polar surface area (TPSA) is 69.6 Å². The second-order valence-corrected chi connectivity index (χ2v) is 7.41. The van der Waals surface area contributed by atoms with Gasteiger partial charge in [-0.3, -0.25) is 9.59 Å². The molecular weight excluding hydrogens is 397 g/mol. The Kier molecular flexibility index (Phi) is 6.45. The van der Waals surface area contributed by atoms with Crippen LogP contribution in [0.4, 0.5) is 13.2 Å². The minimum atomic E-state index is -4.43. The van der Waals surface area contributed by atoms with E-state index in [-0.39, 0.29) is 0 Å². The fraction of sp³-hybridized carbons (Fsp3) is 0.364. The van der Waals surface area contributed by atoms with Gasteiger partial charge in [-0.25, -0.2) is 0 Å². The highest BCUT2D eigenvalue weighted by molar-refractivity contribution is 5.87. The quantitative estimate of drug-likeness (QED) is 0.781. The molecule has 1 aliphatic heterocycles. The predicted molar refractivity (Wildman–Crippen MR) is 104 cm³/mol. The molecule has 1 heterocycles. The molecule has 2 amide bonds. The zero-order valence-corrected chi connectivity index (χ0v) is 16.4. The molecule has 0 aromatic heterocycles. The van der Waals surface area contributed by atoms with Gasteiger partial charge in [-0.1, -0.05) is 36.4 Å². The molecule has 2 aromatic carbocycles. The summed E-state index contributed by atoms with van der Waals surface area (Å²) in [5.41, 5.74) is 1.91. The van der Waals surface area contributed by atoms with Gasteiger partial charge in [0.1, 0.15) is 6.10 Å². The van der Waals surface area contributed by atoms with Gasteiger partial charge in [-0.05, 0) is 42.2 Å². The zero-order valence-electron chi connectivity index (χ0n) is 16.4. The van der Waals surface area contributed by atoms with Crippen molar-refractivity contribution >= 4 is 11.8 Å². The van der Waals surface area contributed by atoms with Crippen LogP contribution in [0, 0.1) is 0 Å². The SMILES string of the molecule is CC(NC(=O)CC(O)C(=O)N1CCc2ccccc2C1)c1ccc(C(F)(F)F)cc1. The Morgan fingerprint density at radius 2 is 1.73 bits per heavy atom. The number of aliphatic hydroxyl groups is 1. The second kappa shape index (κ2) is 8.87. The van der Waals surface area contributed by atoms with E-state index in [0.29, 0.717) is 25.1 Å². The molecule has 0 fully saturated rings. The molecule has 1 aliphatic rings. The van der Waals surface area contributed by atoms with Crippen molar-refractivity contribution in [3.8, 4) is 0 Å². The summed E-state index contributed by atoms with van der Waals surface area (Å²) in [5, 5.41) is 12.8. The third-order valence-electron chi connectivity index (χ3n) is 5.22. The Hall–Kier alpha value is -2.87. The van der Waals surface area contributed by atoms with Crippen LogP contribution < -0.4 is 5.32 Å². The average molecular weight is 420 g/mol. The van der Waals surface area contributed by atoms with Crippen molar-refractivity contribution in [2.24, 2.45) is 0 Å². The Bertz CT molecular complexity index is 913. The summed E-state index contributed by atoms with van der Waals surface area (Å²) in [6, 6.07) is 11.7. The Morgan fingerprint density at radius 1 is 1.10 bits per heavy atom. The highest BCUT2D eigenvalue weighted by atomic mass is 19.4. The molecule has 0 radical (unpaired) electrons. The lowest BCUT2D eigenvalue weighted by Crippen LogP contribution is -2.44. The molecule has 8 heteroatoms. The van der Waals surface area contributed by atoms with Crippen molar-refractivity contribution in [3.05, 3.63) is 70.8 Å². The number of halogens is 3. The smallest absolute Gasteiger partial charge is 0.383 e. The van der Waals surface area contributed by atoms with E-state index in [1.807, 2.05) is 24.3 Å². The number of carbonyl (C=O) groups excluding carboxylic acids is 2. The van der Waals surface area contributed by atoms with Crippen LogP contribution in [0.25, 0.3) is 0 Å². The molecule has 2 N–H and O–H groups in total. The number of fused-ring (bicyclic) bond motifs is 1. The first kappa shape index (κ1) is 21.8. The van der Waals surface area contributed by atoms with Gasteiger partial charge in [-0.2, -0.15) is 13.2 Å². The van der Waals surface area contributed by atoms with Crippen LogP contribution in [0.2, 0.25) is 0 Å². The average Bonchev–Trinajstić information content (AvgIpc) is 2.72. The number of nitrogens with zero attached hydrogens (tertiary/aromatic N) is 1. The monoisotopic (exact) mass is 420 g/mol. The number of carbonyl (C=O) groups is 2. The molecule has 0 bridgehead atoms. The first-order valence-electron chi connectivity index (χ1n) is 9.65. The van der Waals surface area contributed by atoms with E-state index in [0.717, 1.165) is 17.7 Å². The summed E-state index contributed by atoms with van der Waals surface area (Å²) in [6.07, 6.45) is -5.63. The Morgan fingerprint density at radius 3 is 2.37 bits per heavy atom. The molecule has 0 aliphatic carbocycles. The second-order valence-electron chi connectivity index (χ2n) is 7.41. The number of hydrogen-bond donors (Lipinski definition) is 2. The van der Waals surface area contributed by atoms with Gasteiger partial charge in [0, 0.05) is 13.1 Å². The predicted octanol–water partition coefficient (Wildman–Crippen LogP) is 3.22. The standard InChI is InChI=1S/C22H23F3N2O3/c1-14(15-6-8-18(9-7-15)22(23,24)25)26-20(29)12-19(28)21(30)27-11-10-16-4-2-3-5-17(16)13-27/h2-9,14,19,28H,10-13H2,1H3,(H,26,29). The van der Waals surface area contributed by atoms with Crippen molar-refractivity contribution < 1.29 is 27.9 Å². The molecule has 5 nitrogen and oxygen atoms in total. The summed E-state index contributed by atoms with van der Waals surface area (Å²) >= 11 is 0. The molecule has 2 unspecified atom stereocenters. The minimum absolute atomic E-state index is 0.385. The molecule has 160 valence electrons. The third-order valence-corrected chi connectivity index (χ3v) is 5.22. The number of rotatable bonds is 5. The fourth-order valence-electron chi connectivity index (χ4n) is 3.50. The van der Waals surface area contributed by atoms with Crippen molar-refractivity contribution in [2.75, 3.05) is 6.54 Å². The van der Waals surface area contributed by atoms with Crippen LogP contribution in [0.5, 0.6) is 0 Å². The Balaban J connectivity index is 1.53. The van der Waals surface area contributed by atoms with Crippen LogP contribution in [0.1, 0.15) is 41.6 Å². The van der Waals surface area contributed by atoms with Crippen LogP contribution in [0.3, 0.4) is 0 Å². The van der Waals surface area contributed by atoms with Gasteiger partial charge in [0.15, 0.2) is 0 Å². The van der Waals surface area contributed by atoms with Crippen LogP contribution in [-0.2, 0) is 28.7 Å². The van der Waals surface area contributed by atoms with Crippen molar-refractivity contribution in [3.63, 3.8) is 0 Å². The van der Waals surface area contributed by atoms with Crippen LogP contribution in [-0.4, -0.2) is 34.5 Å². The van der Waals surface area contributed by atoms with Gasteiger partial charge in [-0.15, -0.1) is 0 Å². The molecule has 3 rings (SSSR count). The van der Waals surface area contributed by atoms with Gasteiger partial charge in [0.2, 0.25) is 5.91 Å². The van der Waals surface area contributed by atoms with E-state index in [2.05, 4.69) is 5.32 Å². The third kappa shape index (κ3) is 5.18. The first-order chi connectivity index (χ1) is 14.1. The molecule has 0 saturated carbocycles. The fourth-order valence-corrected chi connectivity index (χ4v) is 3.50. The lowest BCUT2D eigenvalue weighted by molar-refractivity contribution is -0.144. The maximum Gasteiger partial charge on any atom is 0.416 e. The Labute approximate surface area is 172 Å². The summed E-state index contributed by atoms with van der Waals surface area (Å²) in [5.74, 6) is -1.07. The van der Waals surface area contributed by atoms with Crippen molar-refractivity contribution in [2.45, 2.75) is 44.6 Å². The van der Waals surface area contributed by atoms with E-state index >= 15 is 0 Å². The highest BCUT2D eigenvalue weighted by Gasteiger charge is 2.30. The number of hydrogen-bond acceptors (Lipinski definition) is 3. The maximum atomic E-state index is 12.7. The summed E-state index contributed by atoms with van der Waals surface area (Å²) in [4.78, 5) is 26.3. The summed E-state index contributed by atoms with van der Waals surface area (Å²) in [7, 11) is 0. The van der Waals surface area contributed by atoms with Crippen LogP contribution >= 0.6 is 0 Å². The molecule has 0 spiro atoms. The summed E-state index contributed by atoms with van der Waals surface area (Å²) in [6.45, 7) is 2.47. The number of alkyl halides is 3. The molecule has 2 atom stereocenters. The first-order valence-corrected chi connectivity index (χ1v) is 9.65. The number of nitrogens with one attached hydrogen (secondary N) is 1. The van der Waals surface area contributed by atoms with Crippen LogP contribution in [0.15, 0.2) is 48.5 Å². The maximum absolute atomic E-state index is 12.7. The van der Waals surface area contributed by atoms with E-state index < -0.39 is 42.1 Å². The zero-order chi connectivity index (χ0) is 21.9. The normalized spacial score (nSPS) is 15.8. The van der Waals surface area contributed by atoms with Gasteiger partial charge in [0.25, 0.3) is 5.91 Å². The van der Waals surface area contributed by atoms with Crippen molar-refractivity contribution in [1.29, 1.82) is 0 Å². The van der Waals surface area contributed by atoms with E-state index in [4.69, 9.17) is 0 Å². The number of aliphatic hydroxyl groups excluding tert-OH is 1. The highest BCUT2D eigenvalue weighted by Crippen LogP contribution is 2.30. The minimum Gasteiger partial charge on any atom is -0.383 e. The van der Waals surface area contributed by atoms with E-state index in [1.165, 1.54) is 22.6 Å². The lowest BCUT2D eigenvalue weighted by Gasteiger charge is -2.30. The van der Waals surface area contributed by atoms with E-state index in [1.54, 1.807) is 6.92 Å². The molecule has 30 heavy (non-hydrogen) atoms. The largest absolute Gasteiger partial charge is 0.416 e. The molecule has 0 saturated heterocycles. The summed E-state index contributed by atoms with van der Waals surface area (Å²) < 4.78 is 38.0.